The number of amides is 1. The van der Waals surface area contributed by atoms with Crippen molar-refractivity contribution in [1.29, 1.82) is 0 Å². The van der Waals surface area contributed by atoms with Crippen molar-refractivity contribution >= 4 is 15.7 Å². The molecule has 0 aromatic carbocycles. The van der Waals surface area contributed by atoms with Crippen LogP contribution in [-0.4, -0.2) is 50.4 Å². The lowest BCUT2D eigenvalue weighted by Crippen LogP contribution is -2.34. The number of rotatable bonds is 21. The third-order valence-electron chi connectivity index (χ3n) is 5.24. The van der Waals surface area contributed by atoms with Crippen LogP contribution in [-0.2, 0) is 14.6 Å². The Labute approximate surface area is 174 Å². The lowest BCUT2D eigenvalue weighted by atomic mass is 10.1. The van der Waals surface area contributed by atoms with Gasteiger partial charge in [-0.25, -0.2) is 8.42 Å². The lowest BCUT2D eigenvalue weighted by molar-refractivity contribution is -0.115. The van der Waals surface area contributed by atoms with E-state index in [9.17, 15) is 13.2 Å². The molecule has 5 nitrogen and oxygen atoms in total. The molecule has 28 heavy (non-hydrogen) atoms. The molecule has 0 bridgehead atoms. The van der Waals surface area contributed by atoms with Crippen molar-refractivity contribution in [2.24, 2.45) is 5.73 Å². The number of nitrogens with zero attached hydrogens (tertiary/aromatic N) is 1. The van der Waals surface area contributed by atoms with Gasteiger partial charge in [-0.15, -0.1) is 0 Å². The van der Waals surface area contributed by atoms with E-state index in [1.807, 2.05) is 0 Å². The van der Waals surface area contributed by atoms with Crippen LogP contribution >= 0.6 is 0 Å². The third kappa shape index (κ3) is 18.7. The van der Waals surface area contributed by atoms with E-state index in [1.165, 1.54) is 77.0 Å². The van der Waals surface area contributed by atoms with Gasteiger partial charge < -0.3 is 10.6 Å². The fourth-order valence-corrected chi connectivity index (χ4v) is 4.59. The highest BCUT2D eigenvalue weighted by Gasteiger charge is 2.16. The summed E-state index contributed by atoms with van der Waals surface area (Å²) in [7, 11) is -3.38. The summed E-state index contributed by atoms with van der Waals surface area (Å²) in [6.45, 7) is 6.88. The number of carbonyl (C=O) groups excluding carboxylic acids is 1. The minimum atomic E-state index is -3.38. The SMILES string of the molecule is CCCCCCCCCN(CCCCCCCCC)CCS(=O)(=O)CC(N)=O. The van der Waals surface area contributed by atoms with Crippen molar-refractivity contribution in [3.8, 4) is 0 Å². The molecule has 0 rings (SSSR count). The third-order valence-corrected chi connectivity index (χ3v) is 6.77. The minimum absolute atomic E-state index is 0.0307. The van der Waals surface area contributed by atoms with Crippen molar-refractivity contribution in [3.05, 3.63) is 0 Å². The normalized spacial score (nSPS) is 12.0. The molecule has 2 N–H and O–H groups in total. The zero-order chi connectivity index (χ0) is 21.1. The molecular weight excluding hydrogens is 372 g/mol. The standard InChI is InChI=1S/C22H46N2O3S/c1-3-5-7-9-11-13-15-17-24(18-16-14-12-10-8-6-4-2)19-20-28(26,27)21-22(23)25/h3-21H2,1-2H3,(H2,23,25). The molecule has 6 heteroatoms. The van der Waals surface area contributed by atoms with Crippen molar-refractivity contribution < 1.29 is 13.2 Å². The summed E-state index contributed by atoms with van der Waals surface area (Å²) in [5.41, 5.74) is 5.05. The smallest absolute Gasteiger partial charge is 0.232 e. The Kier molecular flexibility index (Phi) is 18.0. The molecule has 0 spiro atoms. The molecule has 0 aromatic heterocycles. The summed E-state index contributed by atoms with van der Waals surface area (Å²) < 4.78 is 23.9. The van der Waals surface area contributed by atoms with E-state index >= 15 is 0 Å². The fourth-order valence-electron chi connectivity index (χ4n) is 3.48. The Balaban J connectivity index is 4.17. The second-order valence-corrected chi connectivity index (χ2v) is 10.3. The summed E-state index contributed by atoms with van der Waals surface area (Å²) in [6.07, 6.45) is 17.6. The van der Waals surface area contributed by atoms with E-state index in [0.717, 1.165) is 25.9 Å². The number of sulfone groups is 1. The van der Waals surface area contributed by atoms with Gasteiger partial charge in [0.1, 0.15) is 5.75 Å². The summed E-state index contributed by atoms with van der Waals surface area (Å²) in [6, 6.07) is 0. The molecule has 0 aliphatic carbocycles. The molecule has 0 fully saturated rings. The quantitative estimate of drug-likeness (QED) is 0.274. The Morgan fingerprint density at radius 3 is 1.46 bits per heavy atom. The van der Waals surface area contributed by atoms with Crippen LogP contribution in [0.2, 0.25) is 0 Å². The van der Waals surface area contributed by atoms with Gasteiger partial charge in [0.2, 0.25) is 5.91 Å². The Bertz CT molecular complexity index is 448. The summed E-state index contributed by atoms with van der Waals surface area (Å²) in [5, 5.41) is 0. The minimum Gasteiger partial charge on any atom is -0.369 e. The highest BCUT2D eigenvalue weighted by Crippen LogP contribution is 2.10. The average molecular weight is 419 g/mol. The fraction of sp³-hybridized carbons (Fsp3) is 0.955. The van der Waals surface area contributed by atoms with Gasteiger partial charge in [-0.2, -0.15) is 0 Å². The van der Waals surface area contributed by atoms with E-state index < -0.39 is 21.5 Å². The van der Waals surface area contributed by atoms with E-state index in [0.29, 0.717) is 6.54 Å². The maximum Gasteiger partial charge on any atom is 0.232 e. The maximum atomic E-state index is 12.0. The maximum absolute atomic E-state index is 12.0. The first-order chi connectivity index (χ1) is 13.4. The van der Waals surface area contributed by atoms with Gasteiger partial charge in [0.05, 0.1) is 5.75 Å². The zero-order valence-corrected chi connectivity index (χ0v) is 19.4. The molecule has 0 aromatic rings. The number of unbranched alkanes of at least 4 members (excludes halogenated alkanes) is 12. The first-order valence-corrected chi connectivity index (χ1v) is 13.4. The van der Waals surface area contributed by atoms with Crippen LogP contribution in [0.3, 0.4) is 0 Å². The highest BCUT2D eigenvalue weighted by atomic mass is 32.2. The summed E-state index contributed by atoms with van der Waals surface area (Å²) >= 11 is 0. The Morgan fingerprint density at radius 1 is 0.679 bits per heavy atom. The van der Waals surface area contributed by atoms with Gasteiger partial charge >= 0.3 is 0 Å². The highest BCUT2D eigenvalue weighted by molar-refractivity contribution is 7.92. The molecule has 168 valence electrons. The van der Waals surface area contributed by atoms with Crippen LogP contribution in [0.4, 0.5) is 0 Å². The van der Waals surface area contributed by atoms with Crippen LogP contribution in [0.25, 0.3) is 0 Å². The molecule has 0 aliphatic rings. The largest absolute Gasteiger partial charge is 0.369 e. The number of primary amides is 1. The monoisotopic (exact) mass is 418 g/mol. The van der Waals surface area contributed by atoms with Gasteiger partial charge in [-0.05, 0) is 25.9 Å². The predicted molar refractivity (Wildman–Crippen MR) is 120 cm³/mol. The van der Waals surface area contributed by atoms with Gasteiger partial charge in [0.15, 0.2) is 9.84 Å². The summed E-state index contributed by atoms with van der Waals surface area (Å²) in [5.74, 6) is -1.26. The summed E-state index contributed by atoms with van der Waals surface area (Å²) in [4.78, 5) is 13.2. The molecule has 0 atom stereocenters. The van der Waals surface area contributed by atoms with Crippen molar-refractivity contribution in [2.75, 3.05) is 31.1 Å². The van der Waals surface area contributed by atoms with Crippen LogP contribution in [0.1, 0.15) is 104 Å². The molecule has 0 aliphatic heterocycles. The van der Waals surface area contributed by atoms with Crippen molar-refractivity contribution in [1.82, 2.24) is 4.90 Å². The van der Waals surface area contributed by atoms with E-state index in [2.05, 4.69) is 18.7 Å². The van der Waals surface area contributed by atoms with Crippen LogP contribution < -0.4 is 5.73 Å². The van der Waals surface area contributed by atoms with E-state index in [-0.39, 0.29) is 5.75 Å². The zero-order valence-electron chi connectivity index (χ0n) is 18.6. The molecule has 1 amide bonds. The second-order valence-electron chi connectivity index (χ2n) is 8.14. The molecule has 0 heterocycles. The first kappa shape index (κ1) is 27.4. The topological polar surface area (TPSA) is 80.5 Å². The lowest BCUT2D eigenvalue weighted by Gasteiger charge is -2.22. The molecular formula is C22H46N2O3S. The van der Waals surface area contributed by atoms with E-state index in [4.69, 9.17) is 5.73 Å². The van der Waals surface area contributed by atoms with Gasteiger partial charge in [-0.1, -0.05) is 90.9 Å². The van der Waals surface area contributed by atoms with E-state index in [1.54, 1.807) is 0 Å². The molecule has 0 radical (unpaired) electrons. The first-order valence-electron chi connectivity index (χ1n) is 11.6. The Hall–Kier alpha value is -0.620. The van der Waals surface area contributed by atoms with Crippen LogP contribution in [0.15, 0.2) is 0 Å². The molecule has 0 saturated carbocycles. The Morgan fingerprint density at radius 2 is 1.07 bits per heavy atom. The number of hydrogen-bond donors (Lipinski definition) is 1. The molecule has 0 saturated heterocycles. The average Bonchev–Trinajstić information content (AvgIpc) is 2.62. The van der Waals surface area contributed by atoms with Gasteiger partial charge in [0.25, 0.3) is 0 Å². The number of nitrogens with two attached hydrogens (primary N) is 1. The van der Waals surface area contributed by atoms with Crippen molar-refractivity contribution in [2.45, 2.75) is 104 Å². The second kappa shape index (κ2) is 18.4. The number of hydrogen-bond acceptors (Lipinski definition) is 4. The van der Waals surface area contributed by atoms with Crippen LogP contribution in [0, 0.1) is 0 Å². The van der Waals surface area contributed by atoms with Gasteiger partial charge in [-0.3, -0.25) is 4.79 Å². The van der Waals surface area contributed by atoms with Crippen molar-refractivity contribution in [3.63, 3.8) is 0 Å². The molecule has 0 unspecified atom stereocenters. The predicted octanol–water partition coefficient (Wildman–Crippen LogP) is 4.69. The van der Waals surface area contributed by atoms with Crippen LogP contribution in [0.5, 0.6) is 0 Å². The number of carbonyl (C=O) groups is 1. The van der Waals surface area contributed by atoms with Gasteiger partial charge in [0, 0.05) is 6.54 Å².